The summed E-state index contributed by atoms with van der Waals surface area (Å²) in [6, 6.07) is 7.02. The van der Waals surface area contributed by atoms with Crippen LogP contribution in [0, 0.1) is 0 Å². The van der Waals surface area contributed by atoms with E-state index in [4.69, 9.17) is 5.11 Å². The number of nitrogens with one attached hydrogen (secondary N) is 1. The molecule has 0 radical (unpaired) electrons. The maximum Gasteiger partial charge on any atom is 0.337 e. The summed E-state index contributed by atoms with van der Waals surface area (Å²) in [5, 5.41) is 12.4. The molecule has 0 spiro atoms. The molecule has 2 N–H and O–H groups in total. The van der Waals surface area contributed by atoms with Crippen molar-refractivity contribution in [3.05, 3.63) is 29.8 Å². The maximum absolute atomic E-state index is 11.0. The minimum atomic E-state index is -0.891. The van der Waals surface area contributed by atoms with Crippen molar-refractivity contribution >= 4 is 11.7 Å². The zero-order valence-corrected chi connectivity index (χ0v) is 10.1. The molecule has 0 saturated carbocycles. The lowest BCUT2D eigenvalue weighted by atomic mass is 9.94. The Morgan fingerprint density at radius 3 is 2.38 bits per heavy atom. The number of carbonyl (C=O) groups is 1. The first-order chi connectivity index (χ1) is 7.52. The minimum Gasteiger partial charge on any atom is -0.478 e. The van der Waals surface area contributed by atoms with Gasteiger partial charge in [0.25, 0.3) is 0 Å². The number of benzene rings is 1. The molecule has 0 aliphatic heterocycles. The number of para-hydroxylation sites is 1. The highest BCUT2D eigenvalue weighted by molar-refractivity contribution is 5.94. The van der Waals surface area contributed by atoms with Gasteiger partial charge in [-0.15, -0.1) is 0 Å². The smallest absolute Gasteiger partial charge is 0.337 e. The Kier molecular flexibility index (Phi) is 3.93. The minimum absolute atomic E-state index is 0.0500. The third-order valence-electron chi connectivity index (χ3n) is 3.15. The van der Waals surface area contributed by atoms with Crippen LogP contribution in [0.15, 0.2) is 24.3 Å². The number of anilines is 1. The summed E-state index contributed by atoms with van der Waals surface area (Å²) in [5.41, 5.74) is 0.975. The van der Waals surface area contributed by atoms with Gasteiger partial charge in [0, 0.05) is 11.2 Å². The van der Waals surface area contributed by atoms with Crippen LogP contribution in [0.4, 0.5) is 5.69 Å². The Morgan fingerprint density at radius 2 is 1.88 bits per heavy atom. The van der Waals surface area contributed by atoms with E-state index in [-0.39, 0.29) is 5.54 Å². The van der Waals surface area contributed by atoms with Gasteiger partial charge in [0.2, 0.25) is 0 Å². The van der Waals surface area contributed by atoms with Crippen LogP contribution in [0.3, 0.4) is 0 Å². The molecule has 3 nitrogen and oxygen atoms in total. The third kappa shape index (κ3) is 2.75. The standard InChI is InChI=1S/C13H19NO2/c1-4-13(3,5-2)14-11-9-7-6-8-10(11)12(15)16/h6-9,14H,4-5H2,1-3H3,(H,15,16). The number of hydrogen-bond acceptors (Lipinski definition) is 2. The van der Waals surface area contributed by atoms with Crippen LogP contribution in [-0.2, 0) is 0 Å². The van der Waals surface area contributed by atoms with Gasteiger partial charge in [-0.25, -0.2) is 4.79 Å². The lowest BCUT2D eigenvalue weighted by molar-refractivity contribution is 0.0698. The van der Waals surface area contributed by atoms with Crippen molar-refractivity contribution in [2.75, 3.05) is 5.32 Å². The Labute approximate surface area is 96.5 Å². The highest BCUT2D eigenvalue weighted by Crippen LogP contribution is 2.24. The predicted molar refractivity (Wildman–Crippen MR) is 66.0 cm³/mol. The summed E-state index contributed by atoms with van der Waals surface area (Å²) in [6.07, 6.45) is 1.91. The van der Waals surface area contributed by atoms with Gasteiger partial charge in [0.15, 0.2) is 0 Å². The quantitative estimate of drug-likeness (QED) is 0.801. The van der Waals surface area contributed by atoms with Gasteiger partial charge in [-0.3, -0.25) is 0 Å². The molecule has 0 aliphatic carbocycles. The van der Waals surface area contributed by atoms with E-state index in [1.165, 1.54) is 0 Å². The third-order valence-corrected chi connectivity index (χ3v) is 3.15. The van der Waals surface area contributed by atoms with E-state index in [9.17, 15) is 4.79 Å². The summed E-state index contributed by atoms with van der Waals surface area (Å²) in [4.78, 5) is 11.0. The van der Waals surface area contributed by atoms with E-state index in [2.05, 4.69) is 26.1 Å². The van der Waals surface area contributed by atoms with Crippen molar-refractivity contribution in [1.29, 1.82) is 0 Å². The molecule has 1 rings (SSSR count). The van der Waals surface area contributed by atoms with Crippen LogP contribution in [0.2, 0.25) is 0 Å². The molecule has 0 unspecified atom stereocenters. The van der Waals surface area contributed by atoms with Gasteiger partial charge in [0.1, 0.15) is 0 Å². The maximum atomic E-state index is 11.0. The molecular formula is C13H19NO2. The van der Waals surface area contributed by atoms with Crippen LogP contribution in [0.25, 0.3) is 0 Å². The first-order valence-corrected chi connectivity index (χ1v) is 5.63. The summed E-state index contributed by atoms with van der Waals surface area (Å²) < 4.78 is 0. The number of rotatable bonds is 5. The van der Waals surface area contributed by atoms with E-state index < -0.39 is 5.97 Å². The summed E-state index contributed by atoms with van der Waals surface area (Å²) in [7, 11) is 0. The molecule has 0 aliphatic rings. The van der Waals surface area contributed by atoms with Gasteiger partial charge in [0.05, 0.1) is 5.56 Å². The fourth-order valence-corrected chi connectivity index (χ4v) is 1.53. The highest BCUT2D eigenvalue weighted by Gasteiger charge is 2.21. The molecule has 0 atom stereocenters. The van der Waals surface area contributed by atoms with Gasteiger partial charge in [-0.05, 0) is 31.9 Å². The van der Waals surface area contributed by atoms with Crippen molar-refractivity contribution in [3.63, 3.8) is 0 Å². The van der Waals surface area contributed by atoms with Crippen molar-refractivity contribution in [1.82, 2.24) is 0 Å². The largest absolute Gasteiger partial charge is 0.478 e. The van der Waals surface area contributed by atoms with E-state index >= 15 is 0 Å². The van der Waals surface area contributed by atoms with Gasteiger partial charge < -0.3 is 10.4 Å². The van der Waals surface area contributed by atoms with Crippen molar-refractivity contribution in [2.24, 2.45) is 0 Å². The number of carboxylic acid groups (broad SMARTS) is 1. The zero-order valence-electron chi connectivity index (χ0n) is 10.1. The van der Waals surface area contributed by atoms with Crippen LogP contribution in [0.1, 0.15) is 44.0 Å². The second-order valence-electron chi connectivity index (χ2n) is 4.24. The zero-order chi connectivity index (χ0) is 12.2. The Balaban J connectivity index is 3.01. The van der Waals surface area contributed by atoms with Gasteiger partial charge >= 0.3 is 5.97 Å². The van der Waals surface area contributed by atoms with E-state index in [0.29, 0.717) is 11.3 Å². The fraction of sp³-hybridized carbons (Fsp3) is 0.462. The molecule has 3 heteroatoms. The Morgan fingerprint density at radius 1 is 1.31 bits per heavy atom. The number of carboxylic acids is 1. The van der Waals surface area contributed by atoms with Gasteiger partial charge in [-0.2, -0.15) is 0 Å². The van der Waals surface area contributed by atoms with Crippen molar-refractivity contribution < 1.29 is 9.90 Å². The summed E-state index contributed by atoms with van der Waals surface area (Å²) in [6.45, 7) is 6.30. The fourth-order valence-electron chi connectivity index (χ4n) is 1.53. The second-order valence-corrected chi connectivity index (χ2v) is 4.24. The molecule has 0 aromatic heterocycles. The first kappa shape index (κ1) is 12.6. The molecule has 0 bridgehead atoms. The average Bonchev–Trinajstić information content (AvgIpc) is 2.29. The second kappa shape index (κ2) is 5.01. The normalized spacial score (nSPS) is 11.2. The average molecular weight is 221 g/mol. The molecule has 0 saturated heterocycles. The Bertz CT molecular complexity index is 370. The lowest BCUT2D eigenvalue weighted by Crippen LogP contribution is -2.33. The summed E-state index contributed by atoms with van der Waals surface area (Å²) >= 11 is 0. The Hall–Kier alpha value is -1.51. The van der Waals surface area contributed by atoms with E-state index in [1.807, 2.05) is 12.1 Å². The predicted octanol–water partition coefficient (Wildman–Crippen LogP) is 3.38. The molecular weight excluding hydrogens is 202 g/mol. The monoisotopic (exact) mass is 221 g/mol. The topological polar surface area (TPSA) is 49.3 Å². The number of aromatic carboxylic acids is 1. The molecule has 0 heterocycles. The lowest BCUT2D eigenvalue weighted by Gasteiger charge is -2.30. The van der Waals surface area contributed by atoms with Crippen LogP contribution in [0.5, 0.6) is 0 Å². The van der Waals surface area contributed by atoms with Crippen LogP contribution in [-0.4, -0.2) is 16.6 Å². The van der Waals surface area contributed by atoms with Crippen molar-refractivity contribution in [3.8, 4) is 0 Å². The van der Waals surface area contributed by atoms with Crippen molar-refractivity contribution in [2.45, 2.75) is 39.2 Å². The molecule has 16 heavy (non-hydrogen) atoms. The molecule has 88 valence electrons. The van der Waals surface area contributed by atoms with Gasteiger partial charge in [-0.1, -0.05) is 26.0 Å². The molecule has 1 aromatic rings. The molecule has 0 fully saturated rings. The van der Waals surface area contributed by atoms with E-state index in [0.717, 1.165) is 12.8 Å². The highest BCUT2D eigenvalue weighted by atomic mass is 16.4. The molecule has 0 amide bonds. The molecule has 1 aromatic carbocycles. The summed E-state index contributed by atoms with van der Waals surface area (Å²) in [5.74, 6) is -0.891. The van der Waals surface area contributed by atoms with Crippen LogP contribution < -0.4 is 5.32 Å². The number of hydrogen-bond donors (Lipinski definition) is 2. The first-order valence-electron chi connectivity index (χ1n) is 5.63. The SMILES string of the molecule is CCC(C)(CC)Nc1ccccc1C(=O)O. The van der Waals surface area contributed by atoms with E-state index in [1.54, 1.807) is 12.1 Å². The van der Waals surface area contributed by atoms with Crippen LogP contribution >= 0.6 is 0 Å².